The Hall–Kier alpha value is -1.32. The van der Waals surface area contributed by atoms with Gasteiger partial charge in [-0.1, -0.05) is 18.2 Å². The number of likely N-dealkylation sites (N-methyl/N-ethyl adjacent to an activating group) is 1. The van der Waals surface area contributed by atoms with Crippen molar-refractivity contribution in [3.63, 3.8) is 0 Å². The average Bonchev–Trinajstić information content (AvgIpc) is 3.16. The van der Waals surface area contributed by atoms with Crippen LogP contribution in [-0.4, -0.2) is 51.8 Å². The summed E-state index contributed by atoms with van der Waals surface area (Å²) in [5.74, 6) is 1.74. The molecule has 0 bridgehead atoms. The number of ether oxygens (including phenoxy) is 2. The lowest BCUT2D eigenvalue weighted by molar-refractivity contribution is 0.125. The van der Waals surface area contributed by atoms with Gasteiger partial charge in [0, 0.05) is 32.1 Å². The maximum atomic E-state index is 5.72. The van der Waals surface area contributed by atoms with Crippen molar-refractivity contribution in [3.05, 3.63) is 52.2 Å². The Morgan fingerprint density at radius 2 is 2.12 bits per heavy atom. The van der Waals surface area contributed by atoms with Gasteiger partial charge in [0.2, 0.25) is 0 Å². The minimum Gasteiger partial charge on any atom is -0.497 e. The number of benzene rings is 1. The third-order valence-corrected chi connectivity index (χ3v) is 4.72. The lowest BCUT2D eigenvalue weighted by atomic mass is 10.2. The van der Waals surface area contributed by atoms with Gasteiger partial charge in [-0.3, -0.25) is 4.99 Å². The zero-order valence-corrected chi connectivity index (χ0v) is 18.8. The molecule has 0 spiro atoms. The molecule has 0 fully saturated rings. The van der Waals surface area contributed by atoms with Crippen LogP contribution in [0.15, 0.2) is 46.8 Å². The maximum Gasteiger partial charge on any atom is 0.193 e. The molecule has 0 aliphatic heterocycles. The molecule has 1 N–H and O–H groups in total. The van der Waals surface area contributed by atoms with E-state index in [9.17, 15) is 0 Å². The second-order valence-electron chi connectivity index (χ2n) is 5.63. The summed E-state index contributed by atoms with van der Waals surface area (Å²) in [6.07, 6.45) is 1.03. The van der Waals surface area contributed by atoms with Crippen LogP contribution in [0, 0.1) is 0 Å². The first kappa shape index (κ1) is 22.7. The minimum atomic E-state index is 0. The molecule has 0 saturated carbocycles. The third-order valence-electron chi connectivity index (χ3n) is 3.78. The second-order valence-corrected chi connectivity index (χ2v) is 6.66. The van der Waals surface area contributed by atoms with E-state index in [2.05, 4.69) is 39.8 Å². The lowest BCUT2D eigenvalue weighted by Crippen LogP contribution is -2.41. The highest BCUT2D eigenvalue weighted by Gasteiger charge is 2.06. The molecule has 1 aromatic carbocycles. The van der Waals surface area contributed by atoms with Gasteiger partial charge in [0.1, 0.15) is 5.75 Å². The number of hydrogen-bond donors (Lipinski definition) is 1. The molecule has 0 radical (unpaired) electrons. The van der Waals surface area contributed by atoms with E-state index in [0.29, 0.717) is 13.2 Å². The minimum absolute atomic E-state index is 0. The van der Waals surface area contributed by atoms with E-state index in [-0.39, 0.29) is 24.0 Å². The number of nitrogens with zero attached hydrogens (tertiary/aromatic N) is 2. The smallest absolute Gasteiger partial charge is 0.193 e. The SMILES string of the molecule is CN=C(NCCOCc1cccc(OC)c1)N(C)CCc1cccs1.I. The highest BCUT2D eigenvalue weighted by atomic mass is 127. The Morgan fingerprint density at radius 1 is 1.27 bits per heavy atom. The van der Waals surface area contributed by atoms with Gasteiger partial charge in [-0.15, -0.1) is 35.3 Å². The zero-order chi connectivity index (χ0) is 17.9. The molecule has 0 atom stereocenters. The van der Waals surface area contributed by atoms with Gasteiger partial charge in [-0.2, -0.15) is 0 Å². The Labute approximate surface area is 177 Å². The van der Waals surface area contributed by atoms with Gasteiger partial charge in [0.15, 0.2) is 5.96 Å². The summed E-state index contributed by atoms with van der Waals surface area (Å²) in [6.45, 7) is 2.85. The van der Waals surface area contributed by atoms with Crippen LogP contribution in [0.5, 0.6) is 5.75 Å². The van der Waals surface area contributed by atoms with E-state index < -0.39 is 0 Å². The number of hydrogen-bond acceptors (Lipinski definition) is 4. The molecule has 1 heterocycles. The molecule has 0 unspecified atom stereocenters. The fourth-order valence-corrected chi connectivity index (χ4v) is 3.11. The van der Waals surface area contributed by atoms with Crippen LogP contribution in [0.2, 0.25) is 0 Å². The number of methoxy groups -OCH3 is 1. The number of rotatable bonds is 9. The van der Waals surface area contributed by atoms with E-state index >= 15 is 0 Å². The predicted molar refractivity (Wildman–Crippen MR) is 120 cm³/mol. The fraction of sp³-hybridized carbons (Fsp3) is 0.421. The van der Waals surface area contributed by atoms with Gasteiger partial charge in [-0.25, -0.2) is 0 Å². The van der Waals surface area contributed by atoms with E-state index in [4.69, 9.17) is 9.47 Å². The van der Waals surface area contributed by atoms with Gasteiger partial charge < -0.3 is 19.7 Å². The van der Waals surface area contributed by atoms with Crippen molar-refractivity contribution in [2.45, 2.75) is 13.0 Å². The van der Waals surface area contributed by atoms with Crippen LogP contribution in [0.1, 0.15) is 10.4 Å². The number of guanidine groups is 1. The van der Waals surface area contributed by atoms with Crippen molar-refractivity contribution in [2.24, 2.45) is 4.99 Å². The summed E-state index contributed by atoms with van der Waals surface area (Å²) in [5, 5.41) is 5.45. The molecule has 2 rings (SSSR count). The van der Waals surface area contributed by atoms with Gasteiger partial charge >= 0.3 is 0 Å². The molecule has 7 heteroatoms. The summed E-state index contributed by atoms with van der Waals surface area (Å²) in [5.41, 5.74) is 1.11. The topological polar surface area (TPSA) is 46.1 Å². The van der Waals surface area contributed by atoms with Crippen LogP contribution < -0.4 is 10.1 Å². The Morgan fingerprint density at radius 3 is 2.81 bits per heavy atom. The number of nitrogens with one attached hydrogen (secondary N) is 1. The summed E-state index contributed by atoms with van der Waals surface area (Å²) in [4.78, 5) is 7.86. The summed E-state index contributed by atoms with van der Waals surface area (Å²) in [7, 11) is 5.53. The maximum absolute atomic E-state index is 5.72. The van der Waals surface area contributed by atoms with Crippen LogP contribution >= 0.6 is 35.3 Å². The average molecular weight is 489 g/mol. The molecule has 0 aliphatic carbocycles. The molecule has 0 saturated heterocycles. The monoisotopic (exact) mass is 489 g/mol. The Kier molecular flexibility index (Phi) is 11.3. The Balaban J connectivity index is 0.00000338. The van der Waals surface area contributed by atoms with Crippen molar-refractivity contribution in [1.29, 1.82) is 0 Å². The zero-order valence-electron chi connectivity index (χ0n) is 15.6. The first-order chi connectivity index (χ1) is 12.2. The number of thiophene rings is 1. The molecular weight excluding hydrogens is 461 g/mol. The van der Waals surface area contributed by atoms with Crippen molar-refractivity contribution >= 4 is 41.3 Å². The van der Waals surface area contributed by atoms with Crippen LogP contribution in [0.3, 0.4) is 0 Å². The van der Waals surface area contributed by atoms with Crippen LogP contribution in [0.25, 0.3) is 0 Å². The van der Waals surface area contributed by atoms with Crippen LogP contribution in [0.4, 0.5) is 0 Å². The standard InChI is InChI=1S/C19H27N3O2S.HI/c1-20-19(22(2)11-9-18-8-5-13-25-18)21-10-12-24-15-16-6-4-7-17(14-16)23-3;/h4-8,13-14H,9-12,15H2,1-3H3,(H,20,21);1H. The molecule has 0 amide bonds. The molecule has 0 aliphatic rings. The summed E-state index contributed by atoms with van der Waals surface area (Å²) >= 11 is 1.79. The van der Waals surface area contributed by atoms with E-state index in [1.54, 1.807) is 25.5 Å². The molecule has 1 aromatic heterocycles. The van der Waals surface area contributed by atoms with Gasteiger partial charge in [0.05, 0.1) is 20.3 Å². The number of halogens is 1. The fourth-order valence-electron chi connectivity index (χ4n) is 2.41. The van der Waals surface area contributed by atoms with Crippen molar-refractivity contribution in [2.75, 3.05) is 40.9 Å². The van der Waals surface area contributed by atoms with E-state index in [0.717, 1.165) is 36.8 Å². The largest absolute Gasteiger partial charge is 0.497 e. The van der Waals surface area contributed by atoms with E-state index in [1.807, 2.05) is 24.3 Å². The van der Waals surface area contributed by atoms with Crippen molar-refractivity contribution in [3.8, 4) is 5.75 Å². The first-order valence-corrected chi connectivity index (χ1v) is 9.25. The van der Waals surface area contributed by atoms with Crippen LogP contribution in [-0.2, 0) is 17.8 Å². The summed E-state index contributed by atoms with van der Waals surface area (Å²) < 4.78 is 10.9. The highest BCUT2D eigenvalue weighted by molar-refractivity contribution is 14.0. The van der Waals surface area contributed by atoms with Crippen molar-refractivity contribution < 1.29 is 9.47 Å². The molecular formula is C19H28IN3O2S. The molecule has 5 nitrogen and oxygen atoms in total. The summed E-state index contributed by atoms with van der Waals surface area (Å²) in [6, 6.07) is 12.2. The predicted octanol–water partition coefficient (Wildman–Crippen LogP) is 3.64. The van der Waals surface area contributed by atoms with Gasteiger partial charge in [-0.05, 0) is 35.6 Å². The Bertz CT molecular complexity index is 650. The quantitative estimate of drug-likeness (QED) is 0.253. The molecule has 26 heavy (non-hydrogen) atoms. The van der Waals surface area contributed by atoms with Gasteiger partial charge in [0.25, 0.3) is 0 Å². The molecule has 144 valence electrons. The molecule has 2 aromatic rings. The lowest BCUT2D eigenvalue weighted by Gasteiger charge is -2.21. The number of aliphatic imine (C=N–C) groups is 1. The second kappa shape index (κ2) is 12.9. The normalized spacial score (nSPS) is 11.0. The van der Waals surface area contributed by atoms with Crippen molar-refractivity contribution in [1.82, 2.24) is 10.2 Å². The highest BCUT2D eigenvalue weighted by Crippen LogP contribution is 2.13. The third kappa shape index (κ3) is 7.92. The first-order valence-electron chi connectivity index (χ1n) is 8.37. The van der Waals surface area contributed by atoms with E-state index in [1.165, 1.54) is 4.88 Å².